The lowest BCUT2D eigenvalue weighted by Crippen LogP contribution is -2.33. The largest absolute Gasteiger partial charge is 0.405 e. The van der Waals surface area contributed by atoms with E-state index in [0.29, 0.717) is 12.4 Å². The number of nitro groups is 1. The summed E-state index contributed by atoms with van der Waals surface area (Å²) in [5, 5.41) is 12.4. The Bertz CT molecular complexity index is 777. The molecule has 0 bridgehead atoms. The second-order valence-corrected chi connectivity index (χ2v) is 5.48. The van der Waals surface area contributed by atoms with E-state index in [0.717, 1.165) is 11.8 Å². The van der Waals surface area contributed by atoms with Gasteiger partial charge in [0.2, 0.25) is 0 Å². The Morgan fingerprint density at radius 2 is 1.88 bits per heavy atom. The predicted octanol–water partition coefficient (Wildman–Crippen LogP) is 2.92. The fourth-order valence-electron chi connectivity index (χ4n) is 2.11. The Labute approximate surface area is 146 Å². The number of carbonyl (C=O) groups excluding carboxylic acids is 1. The molecule has 0 radical (unpaired) electrons. The number of pyridine rings is 1. The van der Waals surface area contributed by atoms with Gasteiger partial charge < -0.3 is 10.2 Å². The number of benzene rings is 1. The van der Waals surface area contributed by atoms with Gasteiger partial charge in [-0.15, -0.1) is 0 Å². The summed E-state index contributed by atoms with van der Waals surface area (Å²) in [5.74, 6) is -0.290. The molecule has 1 heterocycles. The Kier molecular flexibility index (Phi) is 5.75. The van der Waals surface area contributed by atoms with Gasteiger partial charge in [0.15, 0.2) is 0 Å². The van der Waals surface area contributed by atoms with Gasteiger partial charge in [-0.2, -0.15) is 13.2 Å². The van der Waals surface area contributed by atoms with Crippen molar-refractivity contribution in [3.63, 3.8) is 0 Å². The quantitative estimate of drug-likeness (QED) is 0.626. The molecule has 0 unspecified atom stereocenters. The standard InChI is InChI=1S/C16H15F3N4O3/c1-22(14-7-6-13(8-20-14)23(25)26)9-11-2-4-12(5-3-11)15(24)21-10-16(17,18)19/h2-8H,9-10H2,1H3,(H,21,24). The summed E-state index contributed by atoms with van der Waals surface area (Å²) in [6.45, 7) is -0.989. The topological polar surface area (TPSA) is 88.4 Å². The van der Waals surface area contributed by atoms with Crippen LogP contribution in [-0.4, -0.2) is 35.6 Å². The van der Waals surface area contributed by atoms with Crippen LogP contribution in [0.15, 0.2) is 42.6 Å². The highest BCUT2D eigenvalue weighted by Crippen LogP contribution is 2.17. The molecule has 0 atom stereocenters. The third-order valence-corrected chi connectivity index (χ3v) is 3.42. The number of nitrogens with one attached hydrogen (secondary N) is 1. The summed E-state index contributed by atoms with van der Waals surface area (Å²) in [5.41, 5.74) is 0.797. The van der Waals surface area contributed by atoms with E-state index in [1.54, 1.807) is 29.4 Å². The minimum absolute atomic E-state index is 0.114. The average Bonchev–Trinajstić information content (AvgIpc) is 2.59. The summed E-state index contributed by atoms with van der Waals surface area (Å²) in [7, 11) is 1.73. The van der Waals surface area contributed by atoms with Crippen molar-refractivity contribution < 1.29 is 22.9 Å². The molecule has 0 fully saturated rings. The van der Waals surface area contributed by atoms with Crippen molar-refractivity contribution in [2.24, 2.45) is 0 Å². The molecular weight excluding hydrogens is 353 g/mol. The van der Waals surface area contributed by atoms with Crippen LogP contribution < -0.4 is 10.2 Å². The van der Waals surface area contributed by atoms with Crippen molar-refractivity contribution in [2.45, 2.75) is 12.7 Å². The van der Waals surface area contributed by atoms with E-state index in [-0.39, 0.29) is 11.3 Å². The zero-order valence-electron chi connectivity index (χ0n) is 13.7. The molecular formula is C16H15F3N4O3. The summed E-state index contributed by atoms with van der Waals surface area (Å²) in [6.07, 6.45) is -3.31. The van der Waals surface area contributed by atoms with Crippen molar-refractivity contribution in [3.8, 4) is 0 Å². The van der Waals surface area contributed by atoms with Crippen LogP contribution in [0.25, 0.3) is 0 Å². The van der Waals surface area contributed by atoms with Crippen LogP contribution in [0.1, 0.15) is 15.9 Å². The third kappa shape index (κ3) is 5.43. The molecule has 0 aliphatic heterocycles. The highest BCUT2D eigenvalue weighted by molar-refractivity contribution is 5.94. The number of alkyl halides is 3. The van der Waals surface area contributed by atoms with Crippen molar-refractivity contribution >= 4 is 17.4 Å². The molecule has 1 N–H and O–H groups in total. The normalized spacial score (nSPS) is 11.1. The molecule has 26 heavy (non-hydrogen) atoms. The van der Waals surface area contributed by atoms with Crippen LogP contribution >= 0.6 is 0 Å². The molecule has 2 rings (SSSR count). The molecule has 1 aromatic carbocycles. The lowest BCUT2D eigenvalue weighted by molar-refractivity contribution is -0.385. The van der Waals surface area contributed by atoms with E-state index < -0.39 is 23.6 Å². The molecule has 138 valence electrons. The molecule has 0 saturated heterocycles. The number of nitrogens with zero attached hydrogens (tertiary/aromatic N) is 3. The molecule has 1 amide bonds. The first-order valence-corrected chi connectivity index (χ1v) is 7.41. The van der Waals surface area contributed by atoms with E-state index in [4.69, 9.17) is 0 Å². The van der Waals surface area contributed by atoms with E-state index in [9.17, 15) is 28.1 Å². The molecule has 0 saturated carbocycles. The van der Waals surface area contributed by atoms with Gasteiger partial charge >= 0.3 is 6.18 Å². The summed E-state index contributed by atoms with van der Waals surface area (Å²) in [6, 6.07) is 8.94. The van der Waals surface area contributed by atoms with Crippen molar-refractivity contribution in [1.29, 1.82) is 0 Å². The molecule has 10 heteroatoms. The van der Waals surface area contributed by atoms with E-state index >= 15 is 0 Å². The highest BCUT2D eigenvalue weighted by Gasteiger charge is 2.27. The maximum absolute atomic E-state index is 12.1. The second-order valence-electron chi connectivity index (χ2n) is 5.48. The third-order valence-electron chi connectivity index (χ3n) is 3.42. The van der Waals surface area contributed by atoms with Gasteiger partial charge in [0.25, 0.3) is 11.6 Å². The molecule has 1 aromatic heterocycles. The molecule has 2 aromatic rings. The van der Waals surface area contributed by atoms with Crippen LogP contribution in [0.3, 0.4) is 0 Å². The Balaban J connectivity index is 1.97. The maximum atomic E-state index is 12.1. The zero-order valence-corrected chi connectivity index (χ0v) is 13.7. The van der Waals surface area contributed by atoms with Crippen molar-refractivity contribution in [2.75, 3.05) is 18.5 Å². The van der Waals surface area contributed by atoms with E-state index in [1.807, 2.05) is 0 Å². The van der Waals surface area contributed by atoms with Gasteiger partial charge in [-0.25, -0.2) is 4.98 Å². The Morgan fingerprint density at radius 1 is 1.23 bits per heavy atom. The first-order valence-electron chi connectivity index (χ1n) is 7.41. The number of anilines is 1. The summed E-state index contributed by atoms with van der Waals surface area (Å²) in [4.78, 5) is 27.5. The lowest BCUT2D eigenvalue weighted by atomic mass is 10.1. The summed E-state index contributed by atoms with van der Waals surface area (Å²) < 4.78 is 36.3. The van der Waals surface area contributed by atoms with Gasteiger partial charge in [0, 0.05) is 25.2 Å². The van der Waals surface area contributed by atoms with Crippen LogP contribution in [0.5, 0.6) is 0 Å². The minimum atomic E-state index is -4.46. The zero-order chi connectivity index (χ0) is 19.3. The second kappa shape index (κ2) is 7.81. The highest BCUT2D eigenvalue weighted by atomic mass is 19.4. The average molecular weight is 368 g/mol. The Hall–Kier alpha value is -3.17. The fraction of sp³-hybridized carbons (Fsp3) is 0.250. The molecule has 0 aliphatic carbocycles. The van der Waals surface area contributed by atoms with Crippen LogP contribution in [0.2, 0.25) is 0 Å². The number of carbonyl (C=O) groups is 1. The van der Waals surface area contributed by atoms with Crippen LogP contribution in [0.4, 0.5) is 24.7 Å². The SMILES string of the molecule is CN(Cc1ccc(C(=O)NCC(F)(F)F)cc1)c1ccc([N+](=O)[O-])cn1. The van der Waals surface area contributed by atoms with E-state index in [2.05, 4.69) is 4.98 Å². The summed E-state index contributed by atoms with van der Waals surface area (Å²) >= 11 is 0. The predicted molar refractivity (Wildman–Crippen MR) is 87.8 cm³/mol. The number of amides is 1. The molecule has 0 spiro atoms. The van der Waals surface area contributed by atoms with Gasteiger partial charge in [-0.3, -0.25) is 14.9 Å². The first kappa shape index (κ1) is 19.2. The van der Waals surface area contributed by atoms with Gasteiger partial charge in [0.05, 0.1) is 4.92 Å². The molecule has 0 aliphatic rings. The van der Waals surface area contributed by atoms with Crippen LogP contribution in [-0.2, 0) is 6.54 Å². The fourth-order valence-corrected chi connectivity index (χ4v) is 2.11. The number of hydrogen-bond acceptors (Lipinski definition) is 5. The number of halogens is 3. The van der Waals surface area contributed by atoms with Crippen LogP contribution in [0, 0.1) is 10.1 Å². The number of hydrogen-bond donors (Lipinski definition) is 1. The number of rotatable bonds is 6. The smallest absolute Gasteiger partial charge is 0.355 e. The molecule has 7 nitrogen and oxygen atoms in total. The van der Waals surface area contributed by atoms with Gasteiger partial charge in [0.1, 0.15) is 18.6 Å². The van der Waals surface area contributed by atoms with Gasteiger partial charge in [-0.05, 0) is 23.8 Å². The van der Waals surface area contributed by atoms with Gasteiger partial charge in [-0.1, -0.05) is 12.1 Å². The lowest BCUT2D eigenvalue weighted by Gasteiger charge is -2.18. The van der Waals surface area contributed by atoms with E-state index in [1.165, 1.54) is 24.3 Å². The van der Waals surface area contributed by atoms with Crippen molar-refractivity contribution in [3.05, 3.63) is 63.8 Å². The Morgan fingerprint density at radius 3 is 2.38 bits per heavy atom. The van der Waals surface area contributed by atoms with Crippen molar-refractivity contribution in [1.82, 2.24) is 10.3 Å². The first-order chi connectivity index (χ1) is 12.2. The minimum Gasteiger partial charge on any atom is -0.355 e. The monoisotopic (exact) mass is 368 g/mol. The number of aromatic nitrogens is 1. The maximum Gasteiger partial charge on any atom is 0.405 e.